The molecular weight excluding hydrogens is 200 g/mol. The Kier molecular flexibility index (Phi) is 3.30. The van der Waals surface area contributed by atoms with Crippen LogP contribution in [0.15, 0.2) is 30.3 Å². The molecule has 0 unspecified atom stereocenters. The summed E-state index contributed by atoms with van der Waals surface area (Å²) in [5, 5.41) is 2.20. The second-order valence-electron chi connectivity index (χ2n) is 3.42. The third-order valence-electron chi connectivity index (χ3n) is 2.32. The third kappa shape index (κ3) is 2.11. The van der Waals surface area contributed by atoms with E-state index in [-0.39, 0.29) is 0 Å². The van der Waals surface area contributed by atoms with Crippen LogP contribution in [0.1, 0.15) is 13.8 Å². The molecule has 83 valence electrons. The molecule has 0 aliphatic carbocycles. The van der Waals surface area contributed by atoms with Crippen LogP contribution >= 0.6 is 0 Å². The highest BCUT2D eigenvalue weighted by molar-refractivity contribution is 5.89. The number of rotatable bonds is 4. The Morgan fingerprint density at radius 1 is 1.06 bits per heavy atom. The molecule has 0 saturated carbocycles. The highest BCUT2D eigenvalue weighted by atomic mass is 16.5. The topological polar surface area (TPSA) is 18.5 Å². The molecule has 0 spiro atoms. The van der Waals surface area contributed by atoms with Crippen LogP contribution in [0, 0.1) is 6.07 Å². The van der Waals surface area contributed by atoms with E-state index in [1.165, 1.54) is 0 Å². The van der Waals surface area contributed by atoms with Crippen LogP contribution < -0.4 is 9.47 Å². The van der Waals surface area contributed by atoms with Crippen molar-refractivity contribution < 1.29 is 9.47 Å². The quantitative estimate of drug-likeness (QED) is 0.777. The molecule has 0 atom stereocenters. The van der Waals surface area contributed by atoms with Crippen molar-refractivity contribution in [3.8, 4) is 11.5 Å². The molecule has 2 aromatic carbocycles. The Morgan fingerprint density at radius 2 is 1.81 bits per heavy atom. The van der Waals surface area contributed by atoms with E-state index >= 15 is 0 Å². The Balaban J connectivity index is 2.54. The van der Waals surface area contributed by atoms with Crippen LogP contribution in [-0.4, -0.2) is 13.2 Å². The average Bonchev–Trinajstić information content (AvgIpc) is 2.30. The van der Waals surface area contributed by atoms with Crippen LogP contribution in [0.2, 0.25) is 0 Å². The minimum atomic E-state index is 0.635. The van der Waals surface area contributed by atoms with E-state index in [9.17, 15) is 0 Å². The van der Waals surface area contributed by atoms with Gasteiger partial charge in [-0.1, -0.05) is 24.3 Å². The van der Waals surface area contributed by atoms with Gasteiger partial charge < -0.3 is 9.47 Å². The van der Waals surface area contributed by atoms with Crippen molar-refractivity contribution in [1.29, 1.82) is 0 Å². The van der Waals surface area contributed by atoms with Gasteiger partial charge in [-0.25, -0.2) is 0 Å². The molecule has 2 aromatic rings. The first-order chi connectivity index (χ1) is 7.85. The van der Waals surface area contributed by atoms with Gasteiger partial charge in [0.05, 0.1) is 19.3 Å². The van der Waals surface area contributed by atoms with E-state index in [4.69, 9.17) is 9.47 Å². The molecule has 0 aliphatic heterocycles. The minimum Gasteiger partial charge on any atom is -0.493 e. The first-order valence-electron chi connectivity index (χ1n) is 5.55. The smallest absolute Gasteiger partial charge is 0.138 e. The average molecular weight is 215 g/mol. The summed E-state index contributed by atoms with van der Waals surface area (Å²) in [5.41, 5.74) is 0. The molecule has 0 N–H and O–H groups in total. The van der Waals surface area contributed by atoms with Crippen molar-refractivity contribution in [2.24, 2.45) is 0 Å². The monoisotopic (exact) mass is 215 g/mol. The maximum atomic E-state index is 5.57. The van der Waals surface area contributed by atoms with Gasteiger partial charge in [0.1, 0.15) is 11.5 Å². The normalized spacial score (nSPS) is 10.4. The second kappa shape index (κ2) is 4.88. The molecule has 16 heavy (non-hydrogen) atoms. The fourth-order valence-electron chi connectivity index (χ4n) is 1.68. The molecule has 0 aromatic heterocycles. The van der Waals surface area contributed by atoms with E-state index < -0.39 is 0 Å². The molecule has 0 bridgehead atoms. The lowest BCUT2D eigenvalue weighted by atomic mass is 10.1. The van der Waals surface area contributed by atoms with Gasteiger partial charge in [0.15, 0.2) is 0 Å². The van der Waals surface area contributed by atoms with Gasteiger partial charge in [-0.3, -0.25) is 0 Å². The first-order valence-corrected chi connectivity index (χ1v) is 5.55. The van der Waals surface area contributed by atoms with Gasteiger partial charge >= 0.3 is 0 Å². The first kappa shape index (κ1) is 10.8. The van der Waals surface area contributed by atoms with E-state index in [1.807, 2.05) is 44.2 Å². The summed E-state index contributed by atoms with van der Waals surface area (Å²) in [6.45, 7) is 5.20. The molecule has 1 radical (unpaired) electrons. The summed E-state index contributed by atoms with van der Waals surface area (Å²) >= 11 is 0. The van der Waals surface area contributed by atoms with Gasteiger partial charge in [0, 0.05) is 5.39 Å². The fourth-order valence-corrected chi connectivity index (χ4v) is 1.68. The standard InChI is InChI=1S/C14H15O2/c1-3-15-12-9-11-7-5-6-8-13(11)14(10-12)16-4-2/h5-9H,3-4H2,1-2H3. The lowest BCUT2D eigenvalue weighted by molar-refractivity contribution is 0.325. The zero-order chi connectivity index (χ0) is 11.4. The van der Waals surface area contributed by atoms with Gasteiger partial charge in [-0.15, -0.1) is 0 Å². The summed E-state index contributed by atoms with van der Waals surface area (Å²) < 4.78 is 11.0. The van der Waals surface area contributed by atoms with Gasteiger partial charge in [0.2, 0.25) is 0 Å². The SMILES string of the molecule is CCOc1[c]c(OCC)c2ccccc2c1. The van der Waals surface area contributed by atoms with E-state index in [0.29, 0.717) is 13.2 Å². The number of fused-ring (bicyclic) bond motifs is 1. The van der Waals surface area contributed by atoms with Crippen LogP contribution in [0.5, 0.6) is 11.5 Å². The predicted molar refractivity (Wildman–Crippen MR) is 65.1 cm³/mol. The molecule has 0 heterocycles. The van der Waals surface area contributed by atoms with Crippen molar-refractivity contribution >= 4 is 10.8 Å². The summed E-state index contributed by atoms with van der Waals surface area (Å²) in [7, 11) is 0. The maximum absolute atomic E-state index is 5.57. The largest absolute Gasteiger partial charge is 0.493 e. The van der Waals surface area contributed by atoms with Gasteiger partial charge in [0.25, 0.3) is 0 Å². The lowest BCUT2D eigenvalue weighted by Gasteiger charge is -2.10. The van der Waals surface area contributed by atoms with Crippen molar-refractivity contribution in [3.05, 3.63) is 36.4 Å². The zero-order valence-electron chi connectivity index (χ0n) is 9.62. The minimum absolute atomic E-state index is 0.635. The van der Waals surface area contributed by atoms with Crippen LogP contribution in [0.4, 0.5) is 0 Å². The number of benzene rings is 2. The number of hydrogen-bond donors (Lipinski definition) is 0. The van der Waals surface area contributed by atoms with Crippen molar-refractivity contribution in [2.45, 2.75) is 13.8 Å². The molecule has 0 saturated heterocycles. The van der Waals surface area contributed by atoms with E-state index in [0.717, 1.165) is 22.3 Å². The highest BCUT2D eigenvalue weighted by Crippen LogP contribution is 2.30. The fraction of sp³-hybridized carbons (Fsp3) is 0.286. The highest BCUT2D eigenvalue weighted by Gasteiger charge is 2.05. The molecule has 0 aliphatic rings. The second-order valence-corrected chi connectivity index (χ2v) is 3.42. The molecule has 0 fully saturated rings. The number of ether oxygens (including phenoxy) is 2. The van der Waals surface area contributed by atoms with Crippen LogP contribution in [0.3, 0.4) is 0 Å². The zero-order valence-corrected chi connectivity index (χ0v) is 9.62. The van der Waals surface area contributed by atoms with Gasteiger partial charge in [-0.2, -0.15) is 0 Å². The van der Waals surface area contributed by atoms with E-state index in [2.05, 4.69) is 6.07 Å². The Labute approximate surface area is 95.8 Å². The van der Waals surface area contributed by atoms with Crippen LogP contribution in [-0.2, 0) is 0 Å². The molecule has 0 amide bonds. The summed E-state index contributed by atoms with van der Waals surface area (Å²) in [6.07, 6.45) is 0. The molecule has 2 nitrogen and oxygen atoms in total. The predicted octanol–water partition coefficient (Wildman–Crippen LogP) is 3.44. The van der Waals surface area contributed by atoms with Gasteiger partial charge in [-0.05, 0) is 25.3 Å². The molecule has 2 heteroatoms. The summed E-state index contributed by atoms with van der Waals surface area (Å²) in [6, 6.07) is 13.2. The van der Waals surface area contributed by atoms with Crippen LogP contribution in [0.25, 0.3) is 10.8 Å². The number of hydrogen-bond acceptors (Lipinski definition) is 2. The Morgan fingerprint density at radius 3 is 2.56 bits per heavy atom. The summed E-state index contributed by atoms with van der Waals surface area (Å²) in [5.74, 6) is 1.51. The Bertz CT molecular complexity index is 477. The van der Waals surface area contributed by atoms with E-state index in [1.54, 1.807) is 0 Å². The maximum Gasteiger partial charge on any atom is 0.138 e. The van der Waals surface area contributed by atoms with Crippen molar-refractivity contribution in [3.63, 3.8) is 0 Å². The van der Waals surface area contributed by atoms with Crippen molar-refractivity contribution in [1.82, 2.24) is 0 Å². The molecular formula is C14H15O2. The van der Waals surface area contributed by atoms with Crippen molar-refractivity contribution in [2.75, 3.05) is 13.2 Å². The lowest BCUT2D eigenvalue weighted by Crippen LogP contribution is -1.96. The molecule has 2 rings (SSSR count). The Hall–Kier alpha value is -1.70. The summed E-state index contributed by atoms with van der Waals surface area (Å²) in [4.78, 5) is 0. The third-order valence-corrected chi connectivity index (χ3v) is 2.32.